The summed E-state index contributed by atoms with van der Waals surface area (Å²) < 4.78 is 5.43. The van der Waals surface area contributed by atoms with Crippen molar-refractivity contribution in [3.63, 3.8) is 0 Å². The molecule has 1 aliphatic rings. The van der Waals surface area contributed by atoms with Crippen LogP contribution >= 0.6 is 0 Å². The Bertz CT molecular complexity index is 1160. The van der Waals surface area contributed by atoms with E-state index in [2.05, 4.69) is 47.6 Å². The number of H-pyrrole nitrogens is 1. The van der Waals surface area contributed by atoms with Crippen molar-refractivity contribution in [3.8, 4) is 0 Å². The molecule has 2 aromatic carbocycles. The van der Waals surface area contributed by atoms with Crippen LogP contribution in [0.4, 0.5) is 5.69 Å². The van der Waals surface area contributed by atoms with Gasteiger partial charge in [-0.05, 0) is 35.7 Å². The second kappa shape index (κ2) is 6.16. The number of hydrogen-bond acceptors (Lipinski definition) is 3. The fourth-order valence-corrected chi connectivity index (χ4v) is 4.36. The molecule has 4 aromatic rings. The average molecular weight is 356 g/mol. The normalized spacial score (nSPS) is 18.4. The first kappa shape index (κ1) is 15.9. The highest BCUT2D eigenvalue weighted by atomic mass is 16.3. The summed E-state index contributed by atoms with van der Waals surface area (Å²) in [7, 11) is 0. The molecule has 2 aromatic heterocycles. The maximum Gasteiger partial charge on any atom is 0.256 e. The Balaban J connectivity index is 1.87. The summed E-state index contributed by atoms with van der Waals surface area (Å²) in [5, 5.41) is 5.45. The largest absolute Gasteiger partial charge is 0.472 e. The summed E-state index contributed by atoms with van der Waals surface area (Å²) in [4.78, 5) is 15.8. The van der Waals surface area contributed by atoms with E-state index in [1.165, 1.54) is 11.1 Å². The van der Waals surface area contributed by atoms with Crippen molar-refractivity contribution in [3.05, 3.63) is 99.9 Å². The van der Waals surface area contributed by atoms with E-state index in [1.807, 2.05) is 30.5 Å². The van der Waals surface area contributed by atoms with Crippen LogP contribution in [-0.2, 0) is 6.42 Å². The average Bonchev–Trinajstić information content (AvgIpc) is 3.25. The molecule has 0 radical (unpaired) electrons. The van der Waals surface area contributed by atoms with Gasteiger partial charge >= 0.3 is 0 Å². The van der Waals surface area contributed by atoms with Crippen molar-refractivity contribution in [2.75, 3.05) is 5.32 Å². The maximum atomic E-state index is 12.6. The lowest BCUT2D eigenvalue weighted by atomic mass is 9.77. The summed E-state index contributed by atoms with van der Waals surface area (Å²) in [6.07, 6.45) is 4.30. The number of furan rings is 1. The highest BCUT2D eigenvalue weighted by molar-refractivity contribution is 5.98. The van der Waals surface area contributed by atoms with E-state index in [4.69, 9.17) is 4.42 Å². The molecule has 0 saturated carbocycles. The summed E-state index contributed by atoms with van der Waals surface area (Å²) in [6, 6.07) is 18.4. The van der Waals surface area contributed by atoms with Gasteiger partial charge in [0.15, 0.2) is 0 Å². The van der Waals surface area contributed by atoms with E-state index < -0.39 is 0 Å². The van der Waals surface area contributed by atoms with Gasteiger partial charge in [-0.1, -0.05) is 43.3 Å². The van der Waals surface area contributed by atoms with Crippen molar-refractivity contribution < 1.29 is 4.42 Å². The van der Waals surface area contributed by atoms with Crippen LogP contribution < -0.4 is 10.9 Å². The van der Waals surface area contributed by atoms with Gasteiger partial charge in [-0.2, -0.15) is 0 Å². The van der Waals surface area contributed by atoms with Gasteiger partial charge in [-0.25, -0.2) is 0 Å². The molecule has 2 atom stereocenters. The molecule has 0 aliphatic carbocycles. The zero-order valence-corrected chi connectivity index (χ0v) is 15.0. The van der Waals surface area contributed by atoms with Gasteiger partial charge in [0.25, 0.3) is 5.56 Å². The highest BCUT2D eigenvalue weighted by Crippen LogP contribution is 2.48. The first-order valence-electron chi connectivity index (χ1n) is 9.29. The molecule has 2 N–H and O–H groups in total. The lowest BCUT2D eigenvalue weighted by Crippen LogP contribution is -2.28. The van der Waals surface area contributed by atoms with E-state index in [9.17, 15) is 4.79 Å². The van der Waals surface area contributed by atoms with Gasteiger partial charge < -0.3 is 14.7 Å². The van der Waals surface area contributed by atoms with Crippen molar-refractivity contribution in [1.29, 1.82) is 0 Å². The molecule has 1 aliphatic heterocycles. The molecule has 0 spiro atoms. The van der Waals surface area contributed by atoms with E-state index in [-0.39, 0.29) is 17.5 Å². The van der Waals surface area contributed by atoms with Crippen LogP contribution in [0.25, 0.3) is 10.8 Å². The van der Waals surface area contributed by atoms with Crippen LogP contribution in [0.15, 0.2) is 76.3 Å². The van der Waals surface area contributed by atoms with Gasteiger partial charge in [-0.15, -0.1) is 0 Å². The Morgan fingerprint density at radius 3 is 2.59 bits per heavy atom. The number of pyridine rings is 1. The number of anilines is 1. The number of benzene rings is 2. The van der Waals surface area contributed by atoms with Crippen molar-refractivity contribution in [2.45, 2.75) is 25.3 Å². The molecule has 134 valence electrons. The van der Waals surface area contributed by atoms with Gasteiger partial charge in [0.2, 0.25) is 0 Å². The zero-order valence-electron chi connectivity index (χ0n) is 15.0. The third kappa shape index (κ3) is 2.40. The van der Waals surface area contributed by atoms with Gasteiger partial charge in [0, 0.05) is 33.6 Å². The molecular weight excluding hydrogens is 336 g/mol. The third-order valence-electron chi connectivity index (χ3n) is 5.54. The Kier molecular flexibility index (Phi) is 3.64. The van der Waals surface area contributed by atoms with Crippen LogP contribution in [0.2, 0.25) is 0 Å². The molecule has 4 heteroatoms. The molecule has 0 bridgehead atoms. The van der Waals surface area contributed by atoms with E-state index in [1.54, 1.807) is 6.26 Å². The fourth-order valence-electron chi connectivity index (χ4n) is 4.36. The Labute approximate surface area is 156 Å². The predicted octanol–water partition coefficient (Wildman–Crippen LogP) is 4.98. The second-order valence-electron chi connectivity index (χ2n) is 7.00. The number of rotatable bonds is 3. The summed E-state index contributed by atoms with van der Waals surface area (Å²) in [6.45, 7) is 2.09. The Morgan fingerprint density at radius 2 is 1.85 bits per heavy atom. The summed E-state index contributed by atoms with van der Waals surface area (Å²) in [5.41, 5.74) is 5.48. The molecule has 3 heterocycles. The van der Waals surface area contributed by atoms with Crippen LogP contribution in [-0.4, -0.2) is 4.98 Å². The minimum atomic E-state index is -0.0293. The molecule has 2 unspecified atom stereocenters. The summed E-state index contributed by atoms with van der Waals surface area (Å²) in [5.74, 6) is 0.0512. The highest BCUT2D eigenvalue weighted by Gasteiger charge is 2.35. The smallest absolute Gasteiger partial charge is 0.256 e. The van der Waals surface area contributed by atoms with Crippen LogP contribution in [0.1, 0.15) is 41.3 Å². The van der Waals surface area contributed by atoms with Crippen LogP contribution in [0.3, 0.4) is 0 Å². The monoisotopic (exact) mass is 356 g/mol. The van der Waals surface area contributed by atoms with Crippen molar-refractivity contribution in [2.24, 2.45) is 0 Å². The van der Waals surface area contributed by atoms with Gasteiger partial charge in [0.1, 0.15) is 0 Å². The standard InChI is InChI=1S/C23H20N2O2/c1-2-17-21-19(15-11-12-27-13-15)22(14-7-4-3-5-8-14)24-18-10-6-9-16(20(18)21)23(26)25-17/h3-13,19,22,24H,2H2,1H3,(H,25,26). The molecule has 0 fully saturated rings. The predicted molar refractivity (Wildman–Crippen MR) is 107 cm³/mol. The number of nitrogens with one attached hydrogen (secondary N) is 2. The lowest BCUT2D eigenvalue weighted by Gasteiger charge is -2.36. The SMILES string of the molecule is CCc1[nH]c(=O)c2cccc3c2c1C(c1ccoc1)C(c1ccccc1)N3. The van der Waals surface area contributed by atoms with E-state index in [0.717, 1.165) is 34.1 Å². The van der Waals surface area contributed by atoms with Crippen molar-refractivity contribution >= 4 is 16.5 Å². The molecule has 0 amide bonds. The van der Waals surface area contributed by atoms with Crippen LogP contribution in [0.5, 0.6) is 0 Å². The zero-order chi connectivity index (χ0) is 18.4. The van der Waals surface area contributed by atoms with Crippen LogP contribution in [0, 0.1) is 0 Å². The Hall–Kier alpha value is -3.27. The minimum Gasteiger partial charge on any atom is -0.472 e. The fraction of sp³-hybridized carbons (Fsp3) is 0.174. The quantitative estimate of drug-likeness (QED) is 0.544. The first-order chi connectivity index (χ1) is 13.3. The third-order valence-corrected chi connectivity index (χ3v) is 5.54. The van der Waals surface area contributed by atoms with Gasteiger partial charge in [0.05, 0.1) is 18.6 Å². The van der Waals surface area contributed by atoms with E-state index >= 15 is 0 Å². The number of aromatic amines is 1. The topological polar surface area (TPSA) is 58.0 Å². The first-order valence-corrected chi connectivity index (χ1v) is 9.29. The van der Waals surface area contributed by atoms with E-state index in [0.29, 0.717) is 0 Å². The second-order valence-corrected chi connectivity index (χ2v) is 7.00. The molecule has 27 heavy (non-hydrogen) atoms. The molecule has 4 nitrogen and oxygen atoms in total. The summed E-state index contributed by atoms with van der Waals surface area (Å²) >= 11 is 0. The van der Waals surface area contributed by atoms with Gasteiger partial charge in [-0.3, -0.25) is 4.79 Å². The minimum absolute atomic E-state index is 0.0293. The molecular formula is C23H20N2O2. The lowest BCUT2D eigenvalue weighted by molar-refractivity contribution is 0.556. The Morgan fingerprint density at radius 1 is 1.00 bits per heavy atom. The maximum absolute atomic E-state index is 12.6. The number of aromatic nitrogens is 1. The van der Waals surface area contributed by atoms with Crippen molar-refractivity contribution in [1.82, 2.24) is 4.98 Å². The molecule has 0 saturated heterocycles. The molecule has 5 rings (SSSR count). The number of aryl methyl sites for hydroxylation is 1. The number of hydrogen-bond donors (Lipinski definition) is 2.